The van der Waals surface area contributed by atoms with E-state index in [0.29, 0.717) is 12.0 Å². The van der Waals surface area contributed by atoms with Gasteiger partial charge in [-0.1, -0.05) is 13.0 Å². The predicted molar refractivity (Wildman–Crippen MR) is 60.3 cm³/mol. The van der Waals surface area contributed by atoms with Crippen LogP contribution in [0.5, 0.6) is 0 Å². The van der Waals surface area contributed by atoms with Gasteiger partial charge < -0.3 is 10.0 Å². The van der Waals surface area contributed by atoms with Crippen LogP contribution in [0.25, 0.3) is 0 Å². The third-order valence-corrected chi connectivity index (χ3v) is 3.44. The Balaban J connectivity index is 2.36. The first-order valence-electron chi connectivity index (χ1n) is 5.68. The summed E-state index contributed by atoms with van der Waals surface area (Å²) in [6.07, 6.45) is 4.89. The number of hydrogen-bond donors (Lipinski definition) is 1. The second-order valence-corrected chi connectivity index (χ2v) is 4.51. The molecule has 1 rings (SSSR count). The summed E-state index contributed by atoms with van der Waals surface area (Å²) in [5.41, 5.74) is 0. The highest BCUT2D eigenvalue weighted by Crippen LogP contribution is 2.19. The molecule has 1 saturated heterocycles. The summed E-state index contributed by atoms with van der Waals surface area (Å²) in [6.45, 7) is 10.4. The second kappa shape index (κ2) is 5.52. The smallest absolute Gasteiger partial charge is 0.0564 e. The topological polar surface area (TPSA) is 23.5 Å². The SMILES string of the molecule is C=CCC(C)C(C)N1CCC(O)CC1. The van der Waals surface area contributed by atoms with E-state index in [9.17, 15) is 5.11 Å². The molecule has 2 atom stereocenters. The number of hydrogen-bond acceptors (Lipinski definition) is 2. The van der Waals surface area contributed by atoms with E-state index in [4.69, 9.17) is 0 Å². The lowest BCUT2D eigenvalue weighted by Crippen LogP contribution is -2.44. The van der Waals surface area contributed by atoms with Gasteiger partial charge in [0.05, 0.1) is 6.10 Å². The summed E-state index contributed by atoms with van der Waals surface area (Å²) >= 11 is 0. The third-order valence-electron chi connectivity index (χ3n) is 3.44. The van der Waals surface area contributed by atoms with E-state index in [1.165, 1.54) is 0 Å². The second-order valence-electron chi connectivity index (χ2n) is 4.51. The van der Waals surface area contributed by atoms with Crippen LogP contribution >= 0.6 is 0 Å². The van der Waals surface area contributed by atoms with Gasteiger partial charge in [-0.3, -0.25) is 0 Å². The van der Waals surface area contributed by atoms with Crippen molar-refractivity contribution >= 4 is 0 Å². The summed E-state index contributed by atoms with van der Waals surface area (Å²) in [5.74, 6) is 0.669. The minimum absolute atomic E-state index is 0.0619. The monoisotopic (exact) mass is 197 g/mol. The van der Waals surface area contributed by atoms with Gasteiger partial charge in [0.15, 0.2) is 0 Å². The highest BCUT2D eigenvalue weighted by atomic mass is 16.3. The average molecular weight is 197 g/mol. The fourth-order valence-corrected chi connectivity index (χ4v) is 2.11. The molecule has 2 nitrogen and oxygen atoms in total. The molecule has 1 N–H and O–H groups in total. The van der Waals surface area contributed by atoms with E-state index in [1.807, 2.05) is 6.08 Å². The van der Waals surface area contributed by atoms with Crippen molar-refractivity contribution in [2.24, 2.45) is 5.92 Å². The maximum Gasteiger partial charge on any atom is 0.0564 e. The van der Waals surface area contributed by atoms with E-state index in [0.717, 1.165) is 32.4 Å². The van der Waals surface area contributed by atoms with Crippen molar-refractivity contribution in [2.45, 2.75) is 45.3 Å². The molecular formula is C12H23NO. The summed E-state index contributed by atoms with van der Waals surface area (Å²) in [5, 5.41) is 9.41. The molecule has 0 radical (unpaired) electrons. The van der Waals surface area contributed by atoms with Gasteiger partial charge in [0, 0.05) is 19.1 Å². The normalized spacial score (nSPS) is 24.5. The zero-order valence-electron chi connectivity index (χ0n) is 9.45. The van der Waals surface area contributed by atoms with Crippen LogP contribution in [0.2, 0.25) is 0 Å². The minimum Gasteiger partial charge on any atom is -0.393 e. The predicted octanol–water partition coefficient (Wildman–Crippen LogP) is 2.04. The van der Waals surface area contributed by atoms with Crippen LogP contribution in [-0.4, -0.2) is 35.2 Å². The Kier molecular flexibility index (Phi) is 4.63. The Labute approximate surface area is 87.6 Å². The molecule has 1 aliphatic heterocycles. The van der Waals surface area contributed by atoms with Crippen LogP contribution in [-0.2, 0) is 0 Å². The molecule has 0 amide bonds. The molecule has 0 aromatic carbocycles. The molecule has 1 fully saturated rings. The molecule has 0 spiro atoms. The van der Waals surface area contributed by atoms with Crippen LogP contribution in [0.4, 0.5) is 0 Å². The van der Waals surface area contributed by atoms with Crippen molar-refractivity contribution < 1.29 is 5.11 Å². The summed E-state index contributed by atoms with van der Waals surface area (Å²) in [6, 6.07) is 0.612. The zero-order chi connectivity index (χ0) is 10.6. The maximum absolute atomic E-state index is 9.41. The number of rotatable bonds is 4. The van der Waals surface area contributed by atoms with Gasteiger partial charge in [-0.05, 0) is 32.1 Å². The lowest BCUT2D eigenvalue weighted by atomic mass is 9.96. The van der Waals surface area contributed by atoms with Crippen LogP contribution in [0.3, 0.4) is 0 Å². The number of nitrogens with zero attached hydrogens (tertiary/aromatic N) is 1. The van der Waals surface area contributed by atoms with Gasteiger partial charge in [-0.2, -0.15) is 0 Å². The largest absolute Gasteiger partial charge is 0.393 e. The summed E-state index contributed by atoms with van der Waals surface area (Å²) in [7, 11) is 0. The van der Waals surface area contributed by atoms with Gasteiger partial charge in [-0.15, -0.1) is 6.58 Å². The fourth-order valence-electron chi connectivity index (χ4n) is 2.11. The molecule has 0 bridgehead atoms. The van der Waals surface area contributed by atoms with Crippen molar-refractivity contribution in [2.75, 3.05) is 13.1 Å². The number of aliphatic hydroxyl groups excluding tert-OH is 1. The number of piperidine rings is 1. The van der Waals surface area contributed by atoms with Crippen LogP contribution < -0.4 is 0 Å². The van der Waals surface area contributed by atoms with Crippen molar-refractivity contribution in [3.8, 4) is 0 Å². The first-order chi connectivity index (χ1) is 6.65. The maximum atomic E-state index is 9.41. The lowest BCUT2D eigenvalue weighted by molar-refractivity contribution is 0.0517. The molecule has 0 aromatic rings. The Morgan fingerprint density at radius 2 is 2.00 bits per heavy atom. The Morgan fingerprint density at radius 3 is 2.50 bits per heavy atom. The zero-order valence-corrected chi connectivity index (χ0v) is 9.45. The molecule has 1 aliphatic rings. The third kappa shape index (κ3) is 3.10. The van der Waals surface area contributed by atoms with Crippen molar-refractivity contribution in [1.29, 1.82) is 0 Å². The molecule has 0 saturated carbocycles. The minimum atomic E-state index is -0.0619. The van der Waals surface area contributed by atoms with Crippen molar-refractivity contribution in [3.63, 3.8) is 0 Å². The number of aliphatic hydroxyl groups is 1. The van der Waals surface area contributed by atoms with E-state index in [1.54, 1.807) is 0 Å². The highest BCUT2D eigenvalue weighted by molar-refractivity contribution is 4.82. The van der Waals surface area contributed by atoms with E-state index < -0.39 is 0 Å². The summed E-state index contributed by atoms with van der Waals surface area (Å²) < 4.78 is 0. The van der Waals surface area contributed by atoms with E-state index in [2.05, 4.69) is 25.3 Å². The van der Waals surface area contributed by atoms with Crippen molar-refractivity contribution in [1.82, 2.24) is 4.90 Å². The fraction of sp³-hybridized carbons (Fsp3) is 0.833. The Hall–Kier alpha value is -0.340. The lowest BCUT2D eigenvalue weighted by Gasteiger charge is -2.37. The first-order valence-corrected chi connectivity index (χ1v) is 5.68. The summed E-state index contributed by atoms with van der Waals surface area (Å²) in [4.78, 5) is 2.49. The van der Waals surface area contributed by atoms with Gasteiger partial charge in [0.2, 0.25) is 0 Å². The van der Waals surface area contributed by atoms with Gasteiger partial charge in [-0.25, -0.2) is 0 Å². The average Bonchev–Trinajstić information content (AvgIpc) is 2.18. The molecule has 82 valence electrons. The number of allylic oxidation sites excluding steroid dienone is 1. The van der Waals surface area contributed by atoms with E-state index in [-0.39, 0.29) is 6.10 Å². The van der Waals surface area contributed by atoms with E-state index >= 15 is 0 Å². The molecule has 14 heavy (non-hydrogen) atoms. The molecule has 0 aromatic heterocycles. The van der Waals surface area contributed by atoms with Gasteiger partial charge >= 0.3 is 0 Å². The van der Waals surface area contributed by atoms with Gasteiger partial charge in [0.1, 0.15) is 0 Å². The molecule has 0 aliphatic carbocycles. The van der Waals surface area contributed by atoms with Crippen LogP contribution in [0.1, 0.15) is 33.1 Å². The molecule has 2 heteroatoms. The number of likely N-dealkylation sites (tertiary alicyclic amines) is 1. The Bertz CT molecular complexity index is 173. The standard InChI is InChI=1S/C12H23NO/c1-4-5-10(2)11(3)13-8-6-12(14)7-9-13/h4,10-12,14H,1,5-9H2,2-3H3. The van der Waals surface area contributed by atoms with Crippen LogP contribution in [0, 0.1) is 5.92 Å². The van der Waals surface area contributed by atoms with Crippen molar-refractivity contribution in [3.05, 3.63) is 12.7 Å². The quantitative estimate of drug-likeness (QED) is 0.697. The first kappa shape index (κ1) is 11.7. The molecular weight excluding hydrogens is 174 g/mol. The van der Waals surface area contributed by atoms with Gasteiger partial charge in [0.25, 0.3) is 0 Å². The van der Waals surface area contributed by atoms with Crippen LogP contribution in [0.15, 0.2) is 12.7 Å². The Morgan fingerprint density at radius 1 is 1.43 bits per heavy atom. The molecule has 2 unspecified atom stereocenters. The molecule has 1 heterocycles. The highest BCUT2D eigenvalue weighted by Gasteiger charge is 2.23.